The van der Waals surface area contributed by atoms with Gasteiger partial charge in [0, 0.05) is 33.5 Å². The Bertz CT molecular complexity index is 2070. The first-order chi connectivity index (χ1) is 19.6. The lowest BCUT2D eigenvalue weighted by molar-refractivity contribution is 0.661. The molecule has 1 aliphatic rings. The lowest BCUT2D eigenvalue weighted by Crippen LogP contribution is -2.15. The molecule has 0 unspecified atom stereocenters. The Hall–Kier alpha value is -5.02. The molecule has 0 saturated heterocycles. The van der Waals surface area contributed by atoms with Gasteiger partial charge in [-0.2, -0.15) is 0 Å². The van der Waals surface area contributed by atoms with E-state index in [4.69, 9.17) is 9.97 Å². The molecule has 190 valence electrons. The third-order valence-electron chi connectivity index (χ3n) is 8.47. The molecule has 0 aliphatic heterocycles. The third-order valence-corrected chi connectivity index (χ3v) is 8.47. The zero-order valence-electron chi connectivity index (χ0n) is 22.5. The first-order valence-corrected chi connectivity index (χ1v) is 13.8. The predicted molar refractivity (Wildman–Crippen MR) is 165 cm³/mol. The molecule has 2 aromatic heterocycles. The number of aromatic nitrogens is 3. The highest BCUT2D eigenvalue weighted by molar-refractivity contribution is 6.12. The summed E-state index contributed by atoms with van der Waals surface area (Å²) in [5.41, 5.74) is 10.7. The van der Waals surface area contributed by atoms with Crippen LogP contribution in [0.25, 0.3) is 61.3 Å². The number of hydrogen-bond acceptors (Lipinski definition) is 2. The minimum atomic E-state index is -0.0927. The smallest absolute Gasteiger partial charge is 0.161 e. The van der Waals surface area contributed by atoms with Crippen molar-refractivity contribution < 1.29 is 0 Å². The molecular formula is C37H27N3. The van der Waals surface area contributed by atoms with E-state index in [1.54, 1.807) is 0 Å². The molecule has 8 rings (SSSR count). The van der Waals surface area contributed by atoms with Gasteiger partial charge in [0.2, 0.25) is 0 Å². The zero-order valence-corrected chi connectivity index (χ0v) is 22.5. The van der Waals surface area contributed by atoms with E-state index in [2.05, 4.69) is 115 Å². The second-order valence-corrected chi connectivity index (χ2v) is 11.1. The number of benzene rings is 5. The second-order valence-electron chi connectivity index (χ2n) is 11.1. The van der Waals surface area contributed by atoms with Crippen molar-refractivity contribution in [3.8, 4) is 39.5 Å². The van der Waals surface area contributed by atoms with Gasteiger partial charge in [0.15, 0.2) is 5.82 Å². The van der Waals surface area contributed by atoms with E-state index in [1.165, 1.54) is 33.0 Å². The Labute approximate surface area is 233 Å². The van der Waals surface area contributed by atoms with E-state index >= 15 is 0 Å². The molecule has 2 heterocycles. The van der Waals surface area contributed by atoms with Gasteiger partial charge in [-0.15, -0.1) is 0 Å². The summed E-state index contributed by atoms with van der Waals surface area (Å²) in [4.78, 5) is 10.1. The fraction of sp³-hybridized carbons (Fsp3) is 0.0811. The van der Waals surface area contributed by atoms with Gasteiger partial charge >= 0.3 is 0 Å². The van der Waals surface area contributed by atoms with Crippen molar-refractivity contribution in [2.24, 2.45) is 0 Å². The quantitative estimate of drug-likeness (QED) is 0.236. The van der Waals surface area contributed by atoms with Gasteiger partial charge in [-0.1, -0.05) is 117 Å². The maximum absolute atomic E-state index is 5.28. The van der Waals surface area contributed by atoms with Gasteiger partial charge in [-0.3, -0.25) is 4.57 Å². The first-order valence-electron chi connectivity index (χ1n) is 13.8. The lowest BCUT2D eigenvalue weighted by atomic mass is 9.82. The molecule has 0 saturated carbocycles. The molecule has 0 bridgehead atoms. The topological polar surface area (TPSA) is 30.7 Å². The Morgan fingerprint density at radius 2 is 1.23 bits per heavy atom. The fourth-order valence-electron chi connectivity index (χ4n) is 6.48. The molecule has 0 amide bonds. The van der Waals surface area contributed by atoms with Crippen molar-refractivity contribution in [2.45, 2.75) is 19.3 Å². The van der Waals surface area contributed by atoms with E-state index < -0.39 is 0 Å². The summed E-state index contributed by atoms with van der Waals surface area (Å²) in [5, 5.41) is 2.46. The van der Waals surface area contributed by atoms with Crippen LogP contribution in [0.4, 0.5) is 0 Å². The third kappa shape index (κ3) is 3.24. The fourth-order valence-corrected chi connectivity index (χ4v) is 6.48. The lowest BCUT2D eigenvalue weighted by Gasteiger charge is -2.22. The van der Waals surface area contributed by atoms with Crippen LogP contribution in [0.5, 0.6) is 0 Å². The Kier molecular flexibility index (Phi) is 4.86. The number of rotatable bonds is 3. The van der Waals surface area contributed by atoms with E-state index in [1.807, 2.05) is 30.5 Å². The van der Waals surface area contributed by atoms with Crippen LogP contribution in [-0.2, 0) is 5.41 Å². The van der Waals surface area contributed by atoms with Crippen LogP contribution in [0.1, 0.15) is 25.0 Å². The molecule has 0 radical (unpaired) electrons. The highest BCUT2D eigenvalue weighted by atomic mass is 15.1. The summed E-state index contributed by atoms with van der Waals surface area (Å²) in [6.45, 7) is 4.67. The predicted octanol–water partition coefficient (Wildman–Crippen LogP) is 9.21. The van der Waals surface area contributed by atoms with Crippen LogP contribution in [0.15, 0.2) is 128 Å². The van der Waals surface area contributed by atoms with Crippen molar-refractivity contribution in [1.29, 1.82) is 0 Å². The Balaban J connectivity index is 1.49. The van der Waals surface area contributed by atoms with Crippen LogP contribution >= 0.6 is 0 Å². The van der Waals surface area contributed by atoms with Gasteiger partial charge in [-0.25, -0.2) is 9.97 Å². The monoisotopic (exact) mass is 513 g/mol. The van der Waals surface area contributed by atoms with Gasteiger partial charge in [-0.05, 0) is 46.0 Å². The molecule has 0 N–H and O–H groups in total. The molecule has 3 heteroatoms. The van der Waals surface area contributed by atoms with Gasteiger partial charge in [0.1, 0.15) is 5.82 Å². The van der Waals surface area contributed by atoms with Crippen molar-refractivity contribution in [1.82, 2.24) is 14.5 Å². The largest absolute Gasteiger partial charge is 0.293 e. The second kappa shape index (κ2) is 8.49. The van der Waals surface area contributed by atoms with Crippen LogP contribution < -0.4 is 0 Å². The summed E-state index contributed by atoms with van der Waals surface area (Å²) in [6.07, 6.45) is 1.98. The molecule has 40 heavy (non-hydrogen) atoms. The number of hydrogen-bond donors (Lipinski definition) is 0. The average Bonchev–Trinajstić information content (AvgIpc) is 3.45. The molecule has 0 atom stereocenters. The number of fused-ring (bicyclic) bond motifs is 6. The summed E-state index contributed by atoms with van der Waals surface area (Å²) in [6, 6.07) is 43.0. The van der Waals surface area contributed by atoms with Crippen molar-refractivity contribution in [2.75, 3.05) is 0 Å². The van der Waals surface area contributed by atoms with Crippen LogP contribution in [-0.4, -0.2) is 14.5 Å². The van der Waals surface area contributed by atoms with Gasteiger partial charge in [0.05, 0.1) is 11.0 Å². The van der Waals surface area contributed by atoms with Gasteiger partial charge < -0.3 is 0 Å². The van der Waals surface area contributed by atoms with Gasteiger partial charge in [0.25, 0.3) is 0 Å². The highest BCUT2D eigenvalue weighted by Crippen LogP contribution is 2.51. The van der Waals surface area contributed by atoms with Crippen molar-refractivity contribution in [3.63, 3.8) is 0 Å². The van der Waals surface area contributed by atoms with E-state index in [0.717, 1.165) is 39.4 Å². The standard InChI is InChI=1S/C37H27N3/c1-37(2)31-19-11-9-17-26(31)28-21-29-27-18-10-12-20-33(27)40(34(29)22-32(28)37)36-30(24-13-5-3-6-14-24)23-38-35(39-36)25-15-7-4-8-16-25/h3-23H,1-2H3. The summed E-state index contributed by atoms with van der Waals surface area (Å²) < 4.78 is 2.35. The molecule has 0 spiro atoms. The molecular weight excluding hydrogens is 486 g/mol. The van der Waals surface area contributed by atoms with E-state index in [-0.39, 0.29) is 5.41 Å². The SMILES string of the molecule is CC1(C)c2ccccc2-c2cc3c4ccccc4n(-c4nc(-c5ccccc5)ncc4-c4ccccc4)c3cc21. The molecule has 5 aromatic carbocycles. The average molecular weight is 514 g/mol. The minimum Gasteiger partial charge on any atom is -0.293 e. The van der Waals surface area contributed by atoms with Crippen molar-refractivity contribution >= 4 is 21.8 Å². The molecule has 1 aliphatic carbocycles. The first kappa shape index (κ1) is 22.9. The molecule has 3 nitrogen and oxygen atoms in total. The summed E-state index contributed by atoms with van der Waals surface area (Å²) in [7, 11) is 0. The summed E-state index contributed by atoms with van der Waals surface area (Å²) in [5.74, 6) is 1.61. The summed E-state index contributed by atoms with van der Waals surface area (Å²) >= 11 is 0. The van der Waals surface area contributed by atoms with Crippen LogP contribution in [0.3, 0.4) is 0 Å². The van der Waals surface area contributed by atoms with Crippen molar-refractivity contribution in [3.05, 3.63) is 139 Å². The number of nitrogens with zero attached hydrogens (tertiary/aromatic N) is 3. The normalized spacial score (nSPS) is 13.4. The van der Waals surface area contributed by atoms with Crippen LogP contribution in [0.2, 0.25) is 0 Å². The Morgan fingerprint density at radius 3 is 2.02 bits per heavy atom. The Morgan fingerprint density at radius 1 is 0.550 bits per heavy atom. The van der Waals surface area contributed by atoms with E-state index in [0.29, 0.717) is 0 Å². The minimum absolute atomic E-state index is 0.0927. The van der Waals surface area contributed by atoms with E-state index in [9.17, 15) is 0 Å². The maximum atomic E-state index is 5.28. The molecule has 7 aromatic rings. The number of para-hydroxylation sites is 1. The molecule has 0 fully saturated rings. The zero-order chi connectivity index (χ0) is 26.8. The van der Waals surface area contributed by atoms with Crippen LogP contribution in [0, 0.1) is 0 Å². The highest BCUT2D eigenvalue weighted by Gasteiger charge is 2.36. The maximum Gasteiger partial charge on any atom is 0.161 e.